The average Bonchev–Trinajstić information content (AvgIpc) is 2.64. The molecule has 4 heteroatoms. The van der Waals surface area contributed by atoms with Gasteiger partial charge in [0.1, 0.15) is 5.75 Å². The Kier molecular flexibility index (Phi) is 3.55. The fourth-order valence-corrected chi connectivity index (χ4v) is 2.17. The Morgan fingerprint density at radius 1 is 1.44 bits per heavy atom. The summed E-state index contributed by atoms with van der Waals surface area (Å²) >= 11 is 0. The summed E-state index contributed by atoms with van der Waals surface area (Å²) in [5.74, 6) is 0.854. The summed E-state index contributed by atoms with van der Waals surface area (Å²) < 4.78 is 5.25. The molecule has 1 heterocycles. The maximum atomic E-state index is 10.9. The molecule has 0 saturated heterocycles. The molecule has 2 rings (SSSR count). The van der Waals surface area contributed by atoms with Crippen LogP contribution in [0.15, 0.2) is 18.2 Å². The highest BCUT2D eigenvalue weighted by atomic mass is 16.5. The van der Waals surface area contributed by atoms with Gasteiger partial charge in [0.25, 0.3) is 0 Å². The number of ether oxygens (including phenoxy) is 1. The maximum Gasteiger partial charge on any atom is 0.216 e. The Bertz CT molecular complexity index is 572. The molecule has 1 aromatic heterocycles. The van der Waals surface area contributed by atoms with E-state index in [1.165, 1.54) is 12.5 Å². The van der Waals surface area contributed by atoms with Crippen LogP contribution in [0.5, 0.6) is 5.75 Å². The van der Waals surface area contributed by atoms with Crippen molar-refractivity contribution in [1.82, 2.24) is 10.3 Å². The number of aryl methyl sites for hydroxylation is 1. The van der Waals surface area contributed by atoms with Gasteiger partial charge in [-0.25, -0.2) is 0 Å². The molecule has 2 N–H and O–H groups in total. The van der Waals surface area contributed by atoms with Crippen LogP contribution >= 0.6 is 0 Å². The molecule has 0 bridgehead atoms. The zero-order valence-corrected chi connectivity index (χ0v) is 11.0. The topological polar surface area (TPSA) is 54.1 Å². The number of hydrogen-bond donors (Lipinski definition) is 2. The van der Waals surface area contributed by atoms with Crippen LogP contribution in [-0.2, 0) is 11.2 Å². The molecule has 0 spiro atoms. The van der Waals surface area contributed by atoms with Gasteiger partial charge >= 0.3 is 0 Å². The number of aromatic amines is 1. The molecule has 4 nitrogen and oxygen atoms in total. The van der Waals surface area contributed by atoms with Crippen molar-refractivity contribution >= 4 is 16.8 Å². The van der Waals surface area contributed by atoms with Gasteiger partial charge in [0.15, 0.2) is 0 Å². The second-order valence-corrected chi connectivity index (χ2v) is 4.37. The third-order valence-corrected chi connectivity index (χ3v) is 3.08. The van der Waals surface area contributed by atoms with E-state index >= 15 is 0 Å². The lowest BCUT2D eigenvalue weighted by Gasteiger charge is -2.04. The van der Waals surface area contributed by atoms with Crippen LogP contribution in [0.4, 0.5) is 0 Å². The van der Waals surface area contributed by atoms with E-state index in [4.69, 9.17) is 4.74 Å². The van der Waals surface area contributed by atoms with Gasteiger partial charge in [-0.2, -0.15) is 0 Å². The minimum Gasteiger partial charge on any atom is -0.497 e. The van der Waals surface area contributed by atoms with Crippen LogP contribution in [0.1, 0.15) is 18.2 Å². The molecule has 18 heavy (non-hydrogen) atoms. The second-order valence-electron chi connectivity index (χ2n) is 4.37. The van der Waals surface area contributed by atoms with Gasteiger partial charge in [-0.05, 0) is 37.1 Å². The lowest BCUT2D eigenvalue weighted by molar-refractivity contribution is -0.118. The van der Waals surface area contributed by atoms with Crippen LogP contribution in [0, 0.1) is 6.92 Å². The summed E-state index contributed by atoms with van der Waals surface area (Å²) in [5.41, 5.74) is 3.48. The van der Waals surface area contributed by atoms with E-state index in [-0.39, 0.29) is 5.91 Å². The molecule has 1 amide bonds. The van der Waals surface area contributed by atoms with Crippen molar-refractivity contribution in [2.24, 2.45) is 0 Å². The van der Waals surface area contributed by atoms with Crippen molar-refractivity contribution in [3.63, 3.8) is 0 Å². The number of fused-ring (bicyclic) bond motifs is 1. The molecular formula is C14H18N2O2. The van der Waals surface area contributed by atoms with E-state index in [2.05, 4.69) is 17.2 Å². The molecular weight excluding hydrogens is 228 g/mol. The first-order valence-corrected chi connectivity index (χ1v) is 6.01. The number of amides is 1. The average molecular weight is 246 g/mol. The smallest absolute Gasteiger partial charge is 0.216 e. The quantitative estimate of drug-likeness (QED) is 0.868. The van der Waals surface area contributed by atoms with Crippen molar-refractivity contribution in [3.05, 3.63) is 29.5 Å². The number of methoxy groups -OCH3 is 1. The minimum atomic E-state index is 0.00470. The third kappa shape index (κ3) is 2.47. The van der Waals surface area contributed by atoms with Crippen molar-refractivity contribution in [3.8, 4) is 5.75 Å². The largest absolute Gasteiger partial charge is 0.497 e. The van der Waals surface area contributed by atoms with Crippen LogP contribution in [0.25, 0.3) is 10.9 Å². The molecule has 0 saturated carbocycles. The van der Waals surface area contributed by atoms with E-state index in [0.29, 0.717) is 6.54 Å². The zero-order valence-electron chi connectivity index (χ0n) is 11.0. The fraction of sp³-hybridized carbons (Fsp3) is 0.357. The molecule has 0 unspecified atom stereocenters. The summed E-state index contributed by atoms with van der Waals surface area (Å²) in [6.45, 7) is 4.24. The molecule has 0 aliphatic carbocycles. The summed E-state index contributed by atoms with van der Waals surface area (Å²) in [4.78, 5) is 14.2. The standard InChI is InChI=1S/C14H18N2O2/c1-9-12(6-7-15-10(2)17)13-8-11(18-3)4-5-14(13)16-9/h4-5,8,16H,6-7H2,1-3H3,(H,15,17). The Hall–Kier alpha value is -1.97. The zero-order chi connectivity index (χ0) is 13.1. The number of H-pyrrole nitrogens is 1. The molecule has 0 atom stereocenters. The van der Waals surface area contributed by atoms with Crippen LogP contribution in [0.3, 0.4) is 0 Å². The number of nitrogens with one attached hydrogen (secondary N) is 2. The van der Waals surface area contributed by atoms with Gasteiger partial charge in [-0.15, -0.1) is 0 Å². The predicted octanol–water partition coefficient (Wildman–Crippen LogP) is 2.16. The first-order chi connectivity index (χ1) is 8.61. The highest BCUT2D eigenvalue weighted by Crippen LogP contribution is 2.26. The first-order valence-electron chi connectivity index (χ1n) is 6.01. The van der Waals surface area contributed by atoms with E-state index in [9.17, 15) is 4.79 Å². The number of aromatic nitrogens is 1. The van der Waals surface area contributed by atoms with E-state index in [0.717, 1.165) is 28.8 Å². The third-order valence-electron chi connectivity index (χ3n) is 3.08. The number of carbonyl (C=O) groups excluding carboxylic acids is 1. The van der Waals surface area contributed by atoms with Crippen molar-refractivity contribution in [2.75, 3.05) is 13.7 Å². The molecule has 0 radical (unpaired) electrons. The summed E-state index contributed by atoms with van der Waals surface area (Å²) in [5, 5.41) is 3.98. The van der Waals surface area contributed by atoms with E-state index < -0.39 is 0 Å². The van der Waals surface area contributed by atoms with Gasteiger partial charge in [0.05, 0.1) is 7.11 Å². The molecule has 0 aliphatic heterocycles. The lowest BCUT2D eigenvalue weighted by atomic mass is 10.1. The van der Waals surface area contributed by atoms with Gasteiger partial charge in [0.2, 0.25) is 5.91 Å². The van der Waals surface area contributed by atoms with Crippen LogP contribution < -0.4 is 10.1 Å². The van der Waals surface area contributed by atoms with E-state index in [1.807, 2.05) is 18.2 Å². The van der Waals surface area contributed by atoms with Gasteiger partial charge < -0.3 is 15.0 Å². The fourth-order valence-electron chi connectivity index (χ4n) is 2.17. The Morgan fingerprint density at radius 3 is 2.89 bits per heavy atom. The van der Waals surface area contributed by atoms with Gasteiger partial charge in [0, 0.05) is 30.1 Å². The molecule has 2 aromatic rings. The number of carbonyl (C=O) groups is 1. The van der Waals surface area contributed by atoms with Gasteiger partial charge in [-0.1, -0.05) is 0 Å². The monoisotopic (exact) mass is 246 g/mol. The Balaban J connectivity index is 2.29. The predicted molar refractivity (Wildman–Crippen MR) is 72.0 cm³/mol. The first kappa shape index (κ1) is 12.5. The highest BCUT2D eigenvalue weighted by molar-refractivity contribution is 5.86. The molecule has 0 aliphatic rings. The number of rotatable bonds is 4. The van der Waals surface area contributed by atoms with Crippen molar-refractivity contribution in [1.29, 1.82) is 0 Å². The molecule has 1 aromatic carbocycles. The SMILES string of the molecule is COc1ccc2[nH]c(C)c(CCNC(C)=O)c2c1. The van der Waals surface area contributed by atoms with Crippen LogP contribution in [-0.4, -0.2) is 24.5 Å². The van der Waals surface area contributed by atoms with Crippen molar-refractivity contribution in [2.45, 2.75) is 20.3 Å². The van der Waals surface area contributed by atoms with Crippen molar-refractivity contribution < 1.29 is 9.53 Å². The molecule has 96 valence electrons. The second kappa shape index (κ2) is 5.12. The number of benzene rings is 1. The Labute approximate surface area is 106 Å². The maximum absolute atomic E-state index is 10.9. The minimum absolute atomic E-state index is 0.00470. The summed E-state index contributed by atoms with van der Waals surface area (Å²) in [7, 11) is 1.66. The number of hydrogen-bond acceptors (Lipinski definition) is 2. The lowest BCUT2D eigenvalue weighted by Crippen LogP contribution is -2.22. The summed E-state index contributed by atoms with van der Waals surface area (Å²) in [6.07, 6.45) is 0.818. The molecule has 0 fully saturated rings. The van der Waals surface area contributed by atoms with E-state index in [1.54, 1.807) is 7.11 Å². The van der Waals surface area contributed by atoms with Crippen LogP contribution in [0.2, 0.25) is 0 Å². The Morgan fingerprint density at radius 2 is 2.22 bits per heavy atom. The summed E-state index contributed by atoms with van der Waals surface area (Å²) in [6, 6.07) is 5.99. The normalized spacial score (nSPS) is 10.6. The van der Waals surface area contributed by atoms with Gasteiger partial charge in [-0.3, -0.25) is 4.79 Å². The highest BCUT2D eigenvalue weighted by Gasteiger charge is 2.09.